The quantitative estimate of drug-likeness (QED) is 0.800. The zero-order chi connectivity index (χ0) is 10.8. The second-order valence-electron chi connectivity index (χ2n) is 3.94. The number of hydrogen-bond acceptors (Lipinski definition) is 2. The van der Waals surface area contributed by atoms with Crippen molar-refractivity contribution in [2.75, 3.05) is 13.6 Å². The molecule has 0 fully saturated rings. The molecular weight excluding hydrogens is 186 g/mol. The molecule has 80 valence electrons. The average molecular weight is 203 g/mol. The zero-order valence-corrected chi connectivity index (χ0v) is 9.52. The molecule has 0 bridgehead atoms. The Morgan fingerprint density at radius 1 is 1.33 bits per heavy atom. The highest BCUT2D eigenvalue weighted by Gasteiger charge is 2.05. The van der Waals surface area contributed by atoms with Crippen LogP contribution in [0, 0.1) is 13.8 Å². The first-order valence-corrected chi connectivity index (χ1v) is 5.32. The van der Waals surface area contributed by atoms with Gasteiger partial charge in [-0.2, -0.15) is 0 Å². The zero-order valence-electron chi connectivity index (χ0n) is 9.52. The number of aromatic nitrogens is 2. The molecule has 1 aromatic carbocycles. The van der Waals surface area contributed by atoms with Crippen molar-refractivity contribution in [3.05, 3.63) is 29.1 Å². The maximum absolute atomic E-state index is 4.62. The van der Waals surface area contributed by atoms with E-state index in [0.29, 0.717) is 0 Å². The van der Waals surface area contributed by atoms with Crippen molar-refractivity contribution in [1.29, 1.82) is 0 Å². The van der Waals surface area contributed by atoms with Crippen molar-refractivity contribution in [2.45, 2.75) is 20.3 Å². The van der Waals surface area contributed by atoms with E-state index in [9.17, 15) is 0 Å². The minimum atomic E-state index is 0.948. The topological polar surface area (TPSA) is 40.7 Å². The fraction of sp³-hybridized carbons (Fsp3) is 0.417. The minimum absolute atomic E-state index is 0.948. The van der Waals surface area contributed by atoms with E-state index >= 15 is 0 Å². The van der Waals surface area contributed by atoms with Crippen LogP contribution in [-0.4, -0.2) is 23.6 Å². The van der Waals surface area contributed by atoms with E-state index in [4.69, 9.17) is 0 Å². The van der Waals surface area contributed by atoms with Gasteiger partial charge in [0.05, 0.1) is 11.0 Å². The molecule has 0 atom stereocenters. The second-order valence-corrected chi connectivity index (χ2v) is 3.94. The van der Waals surface area contributed by atoms with Crippen LogP contribution < -0.4 is 5.32 Å². The lowest BCUT2D eigenvalue weighted by molar-refractivity contribution is 0.766. The lowest BCUT2D eigenvalue weighted by Gasteiger charge is -1.98. The molecule has 1 heterocycles. The molecule has 0 saturated carbocycles. The van der Waals surface area contributed by atoms with Crippen LogP contribution in [0.3, 0.4) is 0 Å². The molecule has 2 aromatic rings. The van der Waals surface area contributed by atoms with Crippen LogP contribution in [-0.2, 0) is 6.42 Å². The number of rotatable bonds is 3. The predicted molar refractivity (Wildman–Crippen MR) is 63.2 cm³/mol. The van der Waals surface area contributed by atoms with Gasteiger partial charge in [-0.05, 0) is 38.1 Å². The van der Waals surface area contributed by atoms with Crippen LogP contribution in [0.5, 0.6) is 0 Å². The second kappa shape index (κ2) is 4.03. The molecule has 0 amide bonds. The summed E-state index contributed by atoms with van der Waals surface area (Å²) >= 11 is 0. The fourth-order valence-corrected chi connectivity index (χ4v) is 1.73. The van der Waals surface area contributed by atoms with Crippen LogP contribution in [0.2, 0.25) is 0 Å². The summed E-state index contributed by atoms with van der Waals surface area (Å²) in [7, 11) is 1.96. The van der Waals surface area contributed by atoms with Crippen LogP contribution in [0.4, 0.5) is 0 Å². The van der Waals surface area contributed by atoms with Gasteiger partial charge in [0.25, 0.3) is 0 Å². The third-order valence-electron chi connectivity index (χ3n) is 2.84. The molecule has 0 aliphatic carbocycles. The molecule has 0 spiro atoms. The summed E-state index contributed by atoms with van der Waals surface area (Å²) in [5.74, 6) is 1.06. The fourth-order valence-electron chi connectivity index (χ4n) is 1.73. The Labute approximate surface area is 89.9 Å². The van der Waals surface area contributed by atoms with Crippen molar-refractivity contribution >= 4 is 11.0 Å². The number of H-pyrrole nitrogens is 1. The maximum atomic E-state index is 4.62. The van der Waals surface area contributed by atoms with Gasteiger partial charge in [0.15, 0.2) is 0 Å². The highest BCUT2D eigenvalue weighted by atomic mass is 14.9. The number of likely N-dealkylation sites (N-methyl/N-ethyl adjacent to an activating group) is 1. The molecule has 15 heavy (non-hydrogen) atoms. The molecule has 0 saturated heterocycles. The van der Waals surface area contributed by atoms with Gasteiger partial charge in [0.2, 0.25) is 0 Å². The molecule has 0 unspecified atom stereocenters. The SMILES string of the molecule is CNCCc1nc2c(C)c(C)ccc2[nH]1. The average Bonchev–Trinajstić information content (AvgIpc) is 2.64. The largest absolute Gasteiger partial charge is 0.342 e. The number of nitrogens with one attached hydrogen (secondary N) is 2. The number of hydrogen-bond donors (Lipinski definition) is 2. The van der Waals surface area contributed by atoms with Crippen molar-refractivity contribution in [1.82, 2.24) is 15.3 Å². The summed E-state index contributed by atoms with van der Waals surface area (Å²) < 4.78 is 0. The predicted octanol–water partition coefficient (Wildman–Crippen LogP) is 1.94. The third kappa shape index (κ3) is 1.88. The van der Waals surface area contributed by atoms with Gasteiger partial charge < -0.3 is 10.3 Å². The van der Waals surface area contributed by atoms with Gasteiger partial charge in [-0.25, -0.2) is 4.98 Å². The molecule has 2 N–H and O–H groups in total. The monoisotopic (exact) mass is 203 g/mol. The standard InChI is InChI=1S/C12H17N3/c1-8-4-5-10-12(9(8)2)15-11(14-10)6-7-13-3/h4-5,13H,6-7H2,1-3H3,(H,14,15). The molecule has 2 rings (SSSR count). The molecule has 0 aliphatic heterocycles. The Morgan fingerprint density at radius 2 is 2.13 bits per heavy atom. The summed E-state index contributed by atoms with van der Waals surface area (Å²) in [6, 6.07) is 4.24. The van der Waals surface area contributed by atoms with E-state index in [0.717, 1.165) is 29.8 Å². The van der Waals surface area contributed by atoms with Crippen molar-refractivity contribution < 1.29 is 0 Å². The Bertz CT molecular complexity index is 471. The van der Waals surface area contributed by atoms with Crippen LogP contribution in [0.1, 0.15) is 17.0 Å². The van der Waals surface area contributed by atoms with Crippen LogP contribution in [0.25, 0.3) is 11.0 Å². The lowest BCUT2D eigenvalue weighted by Crippen LogP contribution is -2.10. The minimum Gasteiger partial charge on any atom is -0.342 e. The molecule has 1 aromatic heterocycles. The van der Waals surface area contributed by atoms with Gasteiger partial charge in [-0.1, -0.05) is 6.07 Å². The van der Waals surface area contributed by atoms with Gasteiger partial charge in [-0.3, -0.25) is 0 Å². The van der Waals surface area contributed by atoms with E-state index in [1.165, 1.54) is 11.1 Å². The van der Waals surface area contributed by atoms with E-state index in [1.807, 2.05) is 7.05 Å². The van der Waals surface area contributed by atoms with Crippen LogP contribution in [0.15, 0.2) is 12.1 Å². The maximum Gasteiger partial charge on any atom is 0.108 e. The number of benzene rings is 1. The highest BCUT2D eigenvalue weighted by molar-refractivity contribution is 5.79. The Morgan fingerprint density at radius 3 is 2.87 bits per heavy atom. The summed E-state index contributed by atoms with van der Waals surface area (Å²) in [4.78, 5) is 7.96. The molecule has 3 nitrogen and oxygen atoms in total. The van der Waals surface area contributed by atoms with Crippen LogP contribution >= 0.6 is 0 Å². The summed E-state index contributed by atoms with van der Waals surface area (Å²) in [5.41, 5.74) is 4.83. The number of nitrogens with zero attached hydrogens (tertiary/aromatic N) is 1. The number of fused-ring (bicyclic) bond motifs is 1. The normalized spacial score (nSPS) is 11.1. The van der Waals surface area contributed by atoms with Gasteiger partial charge >= 0.3 is 0 Å². The first-order chi connectivity index (χ1) is 7.22. The Balaban J connectivity index is 2.42. The lowest BCUT2D eigenvalue weighted by atomic mass is 10.1. The number of imidazole rings is 1. The van der Waals surface area contributed by atoms with Gasteiger partial charge in [0, 0.05) is 13.0 Å². The summed E-state index contributed by atoms with van der Waals surface area (Å²) in [6.45, 7) is 5.20. The molecule has 0 aliphatic rings. The van der Waals surface area contributed by atoms with Gasteiger partial charge in [0.1, 0.15) is 5.82 Å². The summed E-state index contributed by atoms with van der Waals surface area (Å²) in [6.07, 6.45) is 0.948. The molecule has 0 radical (unpaired) electrons. The molecule has 3 heteroatoms. The van der Waals surface area contributed by atoms with Crippen molar-refractivity contribution in [3.63, 3.8) is 0 Å². The third-order valence-corrected chi connectivity index (χ3v) is 2.84. The Hall–Kier alpha value is -1.35. The van der Waals surface area contributed by atoms with E-state index in [2.05, 4.69) is 41.3 Å². The highest BCUT2D eigenvalue weighted by Crippen LogP contribution is 2.19. The number of aromatic amines is 1. The van der Waals surface area contributed by atoms with E-state index in [-0.39, 0.29) is 0 Å². The first-order valence-electron chi connectivity index (χ1n) is 5.32. The van der Waals surface area contributed by atoms with Crippen molar-refractivity contribution in [3.8, 4) is 0 Å². The van der Waals surface area contributed by atoms with Gasteiger partial charge in [-0.15, -0.1) is 0 Å². The van der Waals surface area contributed by atoms with E-state index in [1.54, 1.807) is 0 Å². The van der Waals surface area contributed by atoms with E-state index < -0.39 is 0 Å². The first kappa shape index (κ1) is 10.2. The number of aryl methyl sites for hydroxylation is 2. The molecular formula is C12H17N3. The Kier molecular flexibility index (Phi) is 2.73. The summed E-state index contributed by atoms with van der Waals surface area (Å²) in [5, 5.41) is 3.13. The smallest absolute Gasteiger partial charge is 0.108 e. The van der Waals surface area contributed by atoms with Crippen molar-refractivity contribution in [2.24, 2.45) is 0 Å².